The highest BCUT2D eigenvalue weighted by atomic mass is 15.1. The second kappa shape index (κ2) is 39.4. The third kappa shape index (κ3) is 40.1. The van der Waals surface area contributed by atoms with Crippen LogP contribution >= 0.6 is 0 Å². The minimum Gasteiger partial charge on any atom is -0.303 e. The Hall–Kier alpha value is -0.0400. The zero-order chi connectivity index (χ0) is 33.6. The van der Waals surface area contributed by atoms with Crippen molar-refractivity contribution in [1.29, 1.82) is 0 Å². The summed E-state index contributed by atoms with van der Waals surface area (Å²) in [5, 5.41) is 0. The van der Waals surface area contributed by atoms with Crippen molar-refractivity contribution in [3.05, 3.63) is 0 Å². The number of hydrogen-bond acceptors (Lipinski definition) is 1. The molecule has 0 aliphatic heterocycles. The molecule has 0 aromatic heterocycles. The molecular weight excluding hydrogens is 555 g/mol. The van der Waals surface area contributed by atoms with Crippen molar-refractivity contribution in [1.82, 2.24) is 4.90 Å². The van der Waals surface area contributed by atoms with E-state index < -0.39 is 0 Å². The van der Waals surface area contributed by atoms with Crippen LogP contribution < -0.4 is 0 Å². The van der Waals surface area contributed by atoms with E-state index in [-0.39, 0.29) is 0 Å². The van der Waals surface area contributed by atoms with Crippen molar-refractivity contribution < 1.29 is 0 Å². The fourth-order valence-corrected chi connectivity index (χ4v) is 7.29. The minimum atomic E-state index is 0.890. The average Bonchev–Trinajstić information content (AvgIpc) is 3.03. The molecule has 0 N–H and O–H groups in total. The minimum absolute atomic E-state index is 0.890. The van der Waals surface area contributed by atoms with Crippen molar-refractivity contribution in [3.8, 4) is 0 Å². The molecule has 0 bridgehead atoms. The quantitative estimate of drug-likeness (QED) is 0.0598. The molecule has 0 saturated carbocycles. The van der Waals surface area contributed by atoms with Crippen LogP contribution in [0.25, 0.3) is 0 Å². The van der Waals surface area contributed by atoms with Crippen molar-refractivity contribution in [2.45, 2.75) is 259 Å². The van der Waals surface area contributed by atoms with Crippen molar-refractivity contribution in [2.24, 2.45) is 11.8 Å². The van der Waals surface area contributed by atoms with Crippen LogP contribution in [0.1, 0.15) is 259 Å². The van der Waals surface area contributed by atoms with Gasteiger partial charge in [-0.25, -0.2) is 0 Å². The van der Waals surface area contributed by atoms with Gasteiger partial charge in [-0.2, -0.15) is 0 Å². The second-order valence-corrected chi connectivity index (χ2v) is 16.5. The molecule has 0 aliphatic carbocycles. The van der Waals surface area contributed by atoms with Crippen LogP contribution in [0.5, 0.6) is 0 Å². The Morgan fingerprint density at radius 2 is 0.457 bits per heavy atom. The summed E-state index contributed by atoms with van der Waals surface area (Å²) in [6.07, 6.45) is 51.2. The van der Waals surface area contributed by atoms with Gasteiger partial charge in [-0.1, -0.05) is 240 Å². The van der Waals surface area contributed by atoms with E-state index in [0.717, 1.165) is 11.8 Å². The summed E-state index contributed by atoms with van der Waals surface area (Å²) in [6.45, 7) is 15.9. The van der Waals surface area contributed by atoms with Gasteiger partial charge in [0.05, 0.1) is 0 Å². The van der Waals surface area contributed by atoms with Gasteiger partial charge in [0.2, 0.25) is 0 Å². The zero-order valence-corrected chi connectivity index (χ0v) is 33.5. The smallest absolute Gasteiger partial charge is 0.00187 e. The van der Waals surface area contributed by atoms with Crippen LogP contribution in [0.2, 0.25) is 0 Å². The largest absolute Gasteiger partial charge is 0.303 e. The number of unbranched alkanes of at least 4 members (excludes halogenated alkanes) is 30. The summed E-state index contributed by atoms with van der Waals surface area (Å²) in [5.74, 6) is 1.78. The van der Waals surface area contributed by atoms with E-state index in [1.807, 2.05) is 0 Å². The number of rotatable bonds is 40. The molecule has 278 valence electrons. The Bertz CT molecular complexity index is 489. The van der Waals surface area contributed by atoms with Crippen molar-refractivity contribution in [2.75, 3.05) is 19.6 Å². The summed E-state index contributed by atoms with van der Waals surface area (Å²) in [6, 6.07) is 0. The normalized spacial score (nSPS) is 12.0. The Labute approximate surface area is 295 Å². The fourth-order valence-electron chi connectivity index (χ4n) is 7.29. The zero-order valence-electron chi connectivity index (χ0n) is 33.5. The van der Waals surface area contributed by atoms with E-state index in [4.69, 9.17) is 0 Å². The van der Waals surface area contributed by atoms with E-state index >= 15 is 0 Å². The maximum absolute atomic E-state index is 2.86. The van der Waals surface area contributed by atoms with Gasteiger partial charge in [-0.15, -0.1) is 0 Å². The molecule has 1 nitrogen and oxygen atoms in total. The number of nitrogens with zero attached hydrogens (tertiary/aromatic N) is 1. The molecule has 0 heterocycles. The molecular formula is C45H93N. The molecule has 0 saturated heterocycles. The van der Waals surface area contributed by atoms with Gasteiger partial charge in [-0.05, 0) is 50.7 Å². The van der Waals surface area contributed by atoms with Crippen LogP contribution in [-0.4, -0.2) is 24.5 Å². The van der Waals surface area contributed by atoms with Gasteiger partial charge in [0.25, 0.3) is 0 Å². The lowest BCUT2D eigenvalue weighted by molar-refractivity contribution is 0.254. The number of hydrogen-bond donors (Lipinski definition) is 0. The third-order valence-corrected chi connectivity index (χ3v) is 10.6. The summed E-state index contributed by atoms with van der Waals surface area (Å²) < 4.78 is 0. The van der Waals surface area contributed by atoms with E-state index in [1.54, 1.807) is 0 Å². The predicted molar refractivity (Wildman–Crippen MR) is 213 cm³/mol. The Kier molecular flexibility index (Phi) is 39.4. The fraction of sp³-hybridized carbons (Fsp3) is 1.00. The molecule has 0 unspecified atom stereocenters. The lowest BCUT2D eigenvalue weighted by Gasteiger charge is -2.22. The molecule has 1 heteroatoms. The van der Waals surface area contributed by atoms with Crippen molar-refractivity contribution >= 4 is 0 Å². The molecule has 0 radical (unpaired) electrons. The van der Waals surface area contributed by atoms with Gasteiger partial charge >= 0.3 is 0 Å². The van der Waals surface area contributed by atoms with E-state index in [9.17, 15) is 0 Å². The van der Waals surface area contributed by atoms with Crippen LogP contribution in [0.3, 0.4) is 0 Å². The highest BCUT2D eigenvalue weighted by Crippen LogP contribution is 2.17. The molecule has 0 aromatic carbocycles. The SMILES string of the molecule is CCCCCCCCCCCN(CCCCCCCCCCCCCCC(C)C)CCCCCCCCCCCCCCC(C)C. The maximum atomic E-state index is 2.86. The van der Waals surface area contributed by atoms with Crippen LogP contribution in [0.15, 0.2) is 0 Å². The molecule has 46 heavy (non-hydrogen) atoms. The molecule has 0 rings (SSSR count). The summed E-state index contributed by atoms with van der Waals surface area (Å²) >= 11 is 0. The first kappa shape index (κ1) is 46.0. The Balaban J connectivity index is 3.87. The van der Waals surface area contributed by atoms with Crippen LogP contribution in [0, 0.1) is 11.8 Å². The maximum Gasteiger partial charge on any atom is -0.00187 e. The van der Waals surface area contributed by atoms with E-state index in [1.165, 1.54) is 244 Å². The molecule has 0 aliphatic rings. The highest BCUT2D eigenvalue weighted by molar-refractivity contribution is 4.61. The van der Waals surface area contributed by atoms with E-state index in [2.05, 4.69) is 39.5 Å². The second-order valence-electron chi connectivity index (χ2n) is 16.5. The van der Waals surface area contributed by atoms with Gasteiger partial charge in [-0.3, -0.25) is 0 Å². The topological polar surface area (TPSA) is 3.24 Å². The van der Waals surface area contributed by atoms with Crippen molar-refractivity contribution in [3.63, 3.8) is 0 Å². The van der Waals surface area contributed by atoms with E-state index in [0.29, 0.717) is 0 Å². The lowest BCUT2D eigenvalue weighted by atomic mass is 10.0. The monoisotopic (exact) mass is 648 g/mol. The van der Waals surface area contributed by atoms with Crippen LogP contribution in [-0.2, 0) is 0 Å². The van der Waals surface area contributed by atoms with Crippen LogP contribution in [0.4, 0.5) is 0 Å². The summed E-state index contributed by atoms with van der Waals surface area (Å²) in [7, 11) is 0. The molecule has 0 atom stereocenters. The van der Waals surface area contributed by atoms with Gasteiger partial charge in [0, 0.05) is 0 Å². The summed E-state index contributed by atoms with van der Waals surface area (Å²) in [5.41, 5.74) is 0. The first-order chi connectivity index (χ1) is 22.6. The average molecular weight is 648 g/mol. The summed E-state index contributed by atoms with van der Waals surface area (Å²) in [4.78, 5) is 2.86. The first-order valence-corrected chi connectivity index (χ1v) is 22.3. The molecule has 0 amide bonds. The van der Waals surface area contributed by atoms with Gasteiger partial charge in [0.15, 0.2) is 0 Å². The molecule has 0 fully saturated rings. The predicted octanol–water partition coefficient (Wildman–Crippen LogP) is 16.3. The Morgan fingerprint density at radius 3 is 0.674 bits per heavy atom. The molecule has 0 spiro atoms. The first-order valence-electron chi connectivity index (χ1n) is 22.3. The van der Waals surface area contributed by atoms with Gasteiger partial charge < -0.3 is 4.90 Å². The third-order valence-electron chi connectivity index (χ3n) is 10.6. The standard InChI is InChI=1S/C45H93N/c1-6-7-8-9-10-21-26-31-36-41-46(42-37-32-27-22-17-13-11-15-19-24-29-34-39-44(2)3)43-38-33-28-23-18-14-12-16-20-25-30-35-40-45(4)5/h44-45H,6-43H2,1-5H3. The lowest BCUT2D eigenvalue weighted by Crippen LogP contribution is -2.27. The van der Waals surface area contributed by atoms with Gasteiger partial charge in [0.1, 0.15) is 0 Å². The Morgan fingerprint density at radius 1 is 0.261 bits per heavy atom. The highest BCUT2D eigenvalue weighted by Gasteiger charge is 2.05. The molecule has 0 aromatic rings.